The summed E-state index contributed by atoms with van der Waals surface area (Å²) in [6.45, 7) is 6.56. The van der Waals surface area contributed by atoms with E-state index in [4.69, 9.17) is 26.3 Å². The Kier molecular flexibility index (Phi) is 14.1. The van der Waals surface area contributed by atoms with Crippen LogP contribution >= 0.6 is 11.6 Å². The van der Waals surface area contributed by atoms with Crippen molar-refractivity contribution in [1.29, 1.82) is 5.26 Å². The molecule has 2 N–H and O–H groups in total. The SMILES string of the molecule is CC(C)c1ccc(C(=O)NC2CCC(Oc3ccc(C#[N+]CC(C)c4ccc(C(=O)NC5CCC(Oc6ccc(C#N)c(C(F)(F)F)c6)CC5)cc4)c(Cl)c3)CC2)nn1. The summed E-state index contributed by atoms with van der Waals surface area (Å²) < 4.78 is 52.1. The van der Waals surface area contributed by atoms with Gasteiger partial charge in [-0.25, -0.2) is 0 Å². The van der Waals surface area contributed by atoms with E-state index in [-0.39, 0.29) is 53.7 Å². The molecule has 2 aliphatic carbocycles. The summed E-state index contributed by atoms with van der Waals surface area (Å²) in [5, 5.41) is 23.9. The number of ether oxygens (including phenoxy) is 2. The minimum absolute atomic E-state index is 0.0112. The zero-order valence-electron chi connectivity index (χ0n) is 33.2. The molecule has 2 aliphatic rings. The van der Waals surface area contributed by atoms with Crippen LogP contribution in [0.2, 0.25) is 5.02 Å². The van der Waals surface area contributed by atoms with E-state index in [0.717, 1.165) is 49.1 Å². The maximum atomic E-state index is 13.3. The van der Waals surface area contributed by atoms with Crippen LogP contribution < -0.4 is 20.1 Å². The van der Waals surface area contributed by atoms with Gasteiger partial charge in [0.05, 0.1) is 46.0 Å². The molecule has 10 nitrogen and oxygen atoms in total. The molecule has 1 aromatic heterocycles. The van der Waals surface area contributed by atoms with Crippen molar-refractivity contribution in [3.8, 4) is 23.6 Å². The van der Waals surface area contributed by atoms with Crippen LogP contribution in [0.3, 0.4) is 0 Å². The Morgan fingerprint density at radius 2 is 1.37 bits per heavy atom. The van der Waals surface area contributed by atoms with Crippen molar-refractivity contribution in [1.82, 2.24) is 20.8 Å². The molecule has 2 amide bonds. The standard InChI is InChI=1S/C45H46ClF3N6O4/c1-27(2)41-20-21-42(55-54-41)44(57)53-34-12-18-36(19-13-34)59-38-15-9-32(40(46)23-38)26-51-25-28(3)29-4-6-30(7-5-29)43(56)52-33-10-16-35(17-11-33)58-37-14-8-31(24-50)39(22-37)45(47,48)49/h4-9,14-15,20-23,27-28,33-36H,10-13,16-19,25H2,1-3H3,(H-,52,53,56,57)/p+1. The number of nitrogens with one attached hydrogen (secondary N) is 2. The van der Waals surface area contributed by atoms with E-state index in [9.17, 15) is 22.8 Å². The number of hydrogen-bond donors (Lipinski definition) is 2. The van der Waals surface area contributed by atoms with Gasteiger partial charge in [0.25, 0.3) is 18.4 Å². The predicted octanol–water partition coefficient (Wildman–Crippen LogP) is 9.87. The average molecular weight is 828 g/mol. The second-order valence-electron chi connectivity index (χ2n) is 15.6. The van der Waals surface area contributed by atoms with Crippen molar-refractivity contribution in [3.05, 3.63) is 122 Å². The van der Waals surface area contributed by atoms with E-state index in [1.54, 1.807) is 30.3 Å². The lowest BCUT2D eigenvalue weighted by molar-refractivity contribution is -0.137. The van der Waals surface area contributed by atoms with E-state index in [2.05, 4.69) is 31.7 Å². The van der Waals surface area contributed by atoms with Gasteiger partial charge in [0.1, 0.15) is 17.1 Å². The summed E-state index contributed by atoms with van der Waals surface area (Å²) in [5.41, 5.74) is 1.90. The van der Waals surface area contributed by atoms with E-state index in [1.807, 2.05) is 51.1 Å². The van der Waals surface area contributed by atoms with Crippen molar-refractivity contribution < 1.29 is 32.2 Å². The van der Waals surface area contributed by atoms with Crippen molar-refractivity contribution in [2.75, 3.05) is 6.54 Å². The molecule has 0 bridgehead atoms. The smallest absolute Gasteiger partial charge is 0.417 e. The Morgan fingerprint density at radius 1 is 0.797 bits per heavy atom. The Balaban J connectivity index is 0.909. The molecule has 0 radical (unpaired) electrons. The van der Waals surface area contributed by atoms with E-state index >= 15 is 0 Å². The highest BCUT2D eigenvalue weighted by molar-refractivity contribution is 6.31. The first-order valence-corrected chi connectivity index (χ1v) is 20.4. The van der Waals surface area contributed by atoms with Gasteiger partial charge in [0.2, 0.25) is 0 Å². The van der Waals surface area contributed by atoms with Gasteiger partial charge in [-0.15, -0.1) is 5.10 Å². The molecule has 0 aliphatic heterocycles. The maximum Gasteiger partial charge on any atom is 0.417 e. The number of amides is 2. The van der Waals surface area contributed by atoms with Crippen LogP contribution in [0.25, 0.3) is 4.85 Å². The molecule has 1 heterocycles. The summed E-state index contributed by atoms with van der Waals surface area (Å²) in [7, 11) is 0. The number of nitriles is 1. The van der Waals surface area contributed by atoms with Crippen LogP contribution in [0.5, 0.6) is 11.5 Å². The third-order valence-corrected chi connectivity index (χ3v) is 11.1. The Labute approximate surface area is 347 Å². The van der Waals surface area contributed by atoms with Gasteiger partial charge < -0.3 is 20.1 Å². The van der Waals surface area contributed by atoms with Crippen molar-refractivity contribution in [2.24, 2.45) is 0 Å². The Morgan fingerprint density at radius 3 is 1.90 bits per heavy atom. The van der Waals surface area contributed by atoms with Crippen LogP contribution in [0.1, 0.15) is 133 Å². The summed E-state index contributed by atoms with van der Waals surface area (Å²) in [6.07, 6.45) is 0.620. The molecular weight excluding hydrogens is 781 g/mol. The molecule has 6 rings (SSSR count). The first kappa shape index (κ1) is 42.9. The highest BCUT2D eigenvalue weighted by Crippen LogP contribution is 2.35. The Bertz CT molecular complexity index is 2200. The van der Waals surface area contributed by atoms with Crippen LogP contribution in [0.4, 0.5) is 13.2 Å². The van der Waals surface area contributed by atoms with E-state index in [1.165, 1.54) is 6.07 Å². The second kappa shape index (κ2) is 19.4. The summed E-state index contributed by atoms with van der Waals surface area (Å²) in [5.74, 6) is 0.628. The third kappa shape index (κ3) is 11.7. The van der Waals surface area contributed by atoms with Gasteiger partial charge in [-0.3, -0.25) is 9.59 Å². The maximum absolute atomic E-state index is 13.3. The van der Waals surface area contributed by atoms with Gasteiger partial charge in [-0.1, -0.05) is 49.3 Å². The number of benzene rings is 3. The number of carbonyl (C=O) groups is 2. The fourth-order valence-electron chi connectivity index (χ4n) is 7.26. The number of nitrogens with zero attached hydrogens (tertiary/aromatic N) is 4. The lowest BCUT2D eigenvalue weighted by Crippen LogP contribution is -2.40. The fourth-order valence-corrected chi connectivity index (χ4v) is 7.47. The highest BCUT2D eigenvalue weighted by atomic mass is 35.5. The van der Waals surface area contributed by atoms with Gasteiger partial charge in [-0.2, -0.15) is 23.5 Å². The van der Waals surface area contributed by atoms with E-state index in [0.29, 0.717) is 59.8 Å². The zero-order chi connectivity index (χ0) is 42.1. The van der Waals surface area contributed by atoms with Crippen molar-refractivity contribution in [2.45, 2.75) is 114 Å². The second-order valence-corrected chi connectivity index (χ2v) is 16.0. The molecule has 308 valence electrons. The summed E-state index contributed by atoms with van der Waals surface area (Å²) in [4.78, 5) is 30.2. The van der Waals surface area contributed by atoms with Gasteiger partial charge in [-0.05, 0) is 117 Å². The number of halogens is 4. The average Bonchev–Trinajstić information content (AvgIpc) is 3.22. The minimum Gasteiger partial charge on any atom is -0.490 e. The molecular formula is C45H47ClF3N6O4+. The number of hydrogen-bond acceptors (Lipinski definition) is 7. The monoisotopic (exact) mass is 827 g/mol. The molecule has 1 atom stereocenters. The van der Waals surface area contributed by atoms with Gasteiger partial charge >= 0.3 is 12.2 Å². The Hall–Kier alpha value is -5.66. The molecule has 2 saturated carbocycles. The zero-order valence-corrected chi connectivity index (χ0v) is 33.9. The van der Waals surface area contributed by atoms with E-state index < -0.39 is 17.3 Å². The summed E-state index contributed by atoms with van der Waals surface area (Å²) in [6, 6.07) is 24.4. The van der Waals surface area contributed by atoms with Crippen LogP contribution in [0, 0.1) is 17.4 Å². The lowest BCUT2D eigenvalue weighted by atomic mass is 9.92. The number of carbonyl (C=O) groups excluding carboxylic acids is 2. The largest absolute Gasteiger partial charge is 0.490 e. The number of aromatic nitrogens is 2. The topological polar surface area (TPSA) is 131 Å². The number of rotatable bonds is 11. The van der Waals surface area contributed by atoms with Crippen molar-refractivity contribution >= 4 is 23.4 Å². The molecule has 14 heteroatoms. The molecule has 2 fully saturated rings. The lowest BCUT2D eigenvalue weighted by Gasteiger charge is -2.29. The van der Waals surface area contributed by atoms with Crippen LogP contribution in [-0.2, 0) is 6.18 Å². The van der Waals surface area contributed by atoms with Gasteiger partial charge in [0.15, 0.2) is 5.69 Å². The summed E-state index contributed by atoms with van der Waals surface area (Å²) >= 11 is 6.58. The highest BCUT2D eigenvalue weighted by Gasteiger charge is 2.34. The normalized spacial score (nSPS) is 19.7. The molecule has 0 spiro atoms. The van der Waals surface area contributed by atoms with Gasteiger partial charge in [0, 0.05) is 23.7 Å². The number of alkyl halides is 3. The predicted molar refractivity (Wildman–Crippen MR) is 218 cm³/mol. The molecule has 3 aromatic carbocycles. The third-order valence-electron chi connectivity index (χ3n) is 10.8. The fraction of sp³-hybridized carbons (Fsp3) is 0.422. The van der Waals surface area contributed by atoms with Crippen molar-refractivity contribution in [3.63, 3.8) is 0 Å². The van der Waals surface area contributed by atoms with Crippen LogP contribution in [0.15, 0.2) is 72.8 Å². The molecule has 0 saturated heterocycles. The van der Waals surface area contributed by atoms with Crippen LogP contribution in [-0.4, -0.2) is 52.8 Å². The first-order chi connectivity index (χ1) is 28.2. The minimum atomic E-state index is -4.65. The molecule has 59 heavy (non-hydrogen) atoms. The molecule has 1 unspecified atom stereocenters. The quantitative estimate of drug-likeness (QED) is 0.154. The molecule has 4 aromatic rings. The first-order valence-electron chi connectivity index (χ1n) is 20.0.